The van der Waals surface area contributed by atoms with Crippen molar-refractivity contribution in [3.8, 4) is 0 Å². The molecule has 0 aliphatic carbocycles. The van der Waals surface area contributed by atoms with Crippen LogP contribution < -0.4 is 0 Å². The van der Waals surface area contributed by atoms with Gasteiger partial charge in [0.25, 0.3) is 0 Å². The number of esters is 2. The molecule has 2 fully saturated rings. The number of nitrogens with zero attached hydrogens (tertiary/aromatic N) is 2. The van der Waals surface area contributed by atoms with Crippen molar-refractivity contribution in [2.45, 2.75) is 89.1 Å². The zero-order valence-corrected chi connectivity index (χ0v) is 20.4. The smallest absolute Gasteiger partial charge is 0.328 e. The van der Waals surface area contributed by atoms with Crippen molar-refractivity contribution in [2.75, 3.05) is 26.3 Å². The molecule has 0 aromatic carbocycles. The first-order chi connectivity index (χ1) is 16.5. The Labute approximate surface area is 203 Å². The number of unbranched alkanes of at least 4 members (excludes halogenated alkanes) is 3. The third-order valence-corrected chi connectivity index (χ3v) is 6.32. The molecule has 0 N–H and O–H groups in total. The first kappa shape index (κ1) is 27.6. The standard InChI is InChI=1S/C26H40N2O6/c1-3-5-9-19-33-25(31)21-13-11-17-27(21)23(29)15-7-8-16-24(30)28-18-12-14-22(28)26(32)34-20-10-6-4-2/h3-4,21-22H,1-2,5-20H2/t21-,22-/m1/s1. The van der Waals surface area contributed by atoms with Crippen LogP contribution in [0.2, 0.25) is 0 Å². The molecule has 190 valence electrons. The molecule has 2 rings (SSSR count). The summed E-state index contributed by atoms with van der Waals surface area (Å²) in [6.07, 6.45) is 11.1. The minimum absolute atomic E-state index is 0.0693. The Hall–Kier alpha value is -2.64. The molecule has 0 unspecified atom stereocenters. The fourth-order valence-corrected chi connectivity index (χ4v) is 4.45. The number of carbonyl (C=O) groups is 4. The van der Waals surface area contributed by atoms with Crippen LogP contribution >= 0.6 is 0 Å². The Balaban J connectivity index is 1.69. The van der Waals surface area contributed by atoms with Crippen LogP contribution in [0.3, 0.4) is 0 Å². The van der Waals surface area contributed by atoms with Gasteiger partial charge in [0, 0.05) is 25.9 Å². The van der Waals surface area contributed by atoms with Crippen molar-refractivity contribution in [1.29, 1.82) is 0 Å². The van der Waals surface area contributed by atoms with Gasteiger partial charge in [-0.15, -0.1) is 13.2 Å². The number of carbonyl (C=O) groups excluding carboxylic acids is 4. The number of hydrogen-bond acceptors (Lipinski definition) is 6. The van der Waals surface area contributed by atoms with Gasteiger partial charge < -0.3 is 19.3 Å². The lowest BCUT2D eigenvalue weighted by Gasteiger charge is -2.24. The highest BCUT2D eigenvalue weighted by atomic mass is 16.5. The predicted octanol–water partition coefficient (Wildman–Crippen LogP) is 3.55. The average Bonchev–Trinajstić information content (AvgIpc) is 3.52. The van der Waals surface area contributed by atoms with Gasteiger partial charge in [0.2, 0.25) is 11.8 Å². The van der Waals surface area contributed by atoms with E-state index in [1.165, 1.54) is 0 Å². The maximum absolute atomic E-state index is 12.7. The number of likely N-dealkylation sites (tertiary alicyclic amines) is 2. The van der Waals surface area contributed by atoms with Crippen molar-refractivity contribution in [2.24, 2.45) is 0 Å². The van der Waals surface area contributed by atoms with Crippen molar-refractivity contribution >= 4 is 23.8 Å². The fourth-order valence-electron chi connectivity index (χ4n) is 4.45. The van der Waals surface area contributed by atoms with Crippen molar-refractivity contribution in [3.63, 3.8) is 0 Å². The van der Waals surface area contributed by atoms with Gasteiger partial charge >= 0.3 is 11.9 Å². The Kier molecular flexibility index (Phi) is 12.4. The van der Waals surface area contributed by atoms with Gasteiger partial charge in [-0.2, -0.15) is 0 Å². The van der Waals surface area contributed by atoms with Crippen molar-refractivity contribution in [1.82, 2.24) is 9.80 Å². The van der Waals surface area contributed by atoms with Gasteiger partial charge in [0.05, 0.1) is 13.2 Å². The molecule has 8 heteroatoms. The highest BCUT2D eigenvalue weighted by Crippen LogP contribution is 2.22. The van der Waals surface area contributed by atoms with E-state index in [9.17, 15) is 19.2 Å². The van der Waals surface area contributed by atoms with Gasteiger partial charge in [0.1, 0.15) is 12.1 Å². The molecule has 2 aliphatic heterocycles. The van der Waals surface area contributed by atoms with E-state index in [1.54, 1.807) is 22.0 Å². The van der Waals surface area contributed by atoms with Gasteiger partial charge in [-0.1, -0.05) is 12.2 Å². The molecular formula is C26H40N2O6. The average molecular weight is 477 g/mol. The number of amides is 2. The van der Waals surface area contributed by atoms with Crippen LogP contribution in [-0.4, -0.2) is 71.9 Å². The SMILES string of the molecule is C=CCCCOC(=O)[C@H]1CCCN1C(=O)CCCCC(=O)N1CCC[C@@H]1C(=O)OCCCC=C. The van der Waals surface area contributed by atoms with Gasteiger partial charge in [0.15, 0.2) is 0 Å². The molecule has 2 aliphatic rings. The summed E-state index contributed by atoms with van der Waals surface area (Å²) in [5, 5.41) is 0. The van der Waals surface area contributed by atoms with E-state index in [1.807, 2.05) is 0 Å². The lowest BCUT2D eigenvalue weighted by Crippen LogP contribution is -2.42. The minimum Gasteiger partial charge on any atom is -0.464 e. The van der Waals surface area contributed by atoms with Gasteiger partial charge in [-0.3, -0.25) is 9.59 Å². The molecule has 0 spiro atoms. The highest BCUT2D eigenvalue weighted by Gasteiger charge is 2.36. The third-order valence-electron chi connectivity index (χ3n) is 6.32. The first-order valence-corrected chi connectivity index (χ1v) is 12.6. The lowest BCUT2D eigenvalue weighted by molar-refractivity contribution is -0.154. The van der Waals surface area contributed by atoms with Crippen LogP contribution in [0, 0.1) is 0 Å². The summed E-state index contributed by atoms with van der Waals surface area (Å²) in [6.45, 7) is 9.10. The van der Waals surface area contributed by atoms with E-state index in [2.05, 4.69) is 13.2 Å². The number of allylic oxidation sites excluding steroid dienone is 2. The van der Waals surface area contributed by atoms with Crippen LogP contribution in [0.25, 0.3) is 0 Å². The Morgan fingerprint density at radius 1 is 0.706 bits per heavy atom. The minimum atomic E-state index is -0.499. The second kappa shape index (κ2) is 15.3. The van der Waals surface area contributed by atoms with Crippen molar-refractivity contribution in [3.05, 3.63) is 25.3 Å². The molecule has 2 amide bonds. The highest BCUT2D eigenvalue weighted by molar-refractivity contribution is 5.86. The van der Waals surface area contributed by atoms with Crippen LogP contribution in [-0.2, 0) is 28.7 Å². The monoisotopic (exact) mass is 476 g/mol. The zero-order chi connectivity index (χ0) is 24.8. The maximum atomic E-state index is 12.7. The molecular weight excluding hydrogens is 436 g/mol. The second-order valence-corrected chi connectivity index (χ2v) is 8.89. The fraction of sp³-hybridized carbons (Fsp3) is 0.692. The predicted molar refractivity (Wildman–Crippen MR) is 129 cm³/mol. The maximum Gasteiger partial charge on any atom is 0.328 e. The Morgan fingerprint density at radius 2 is 1.12 bits per heavy atom. The molecule has 0 radical (unpaired) electrons. The summed E-state index contributed by atoms with van der Waals surface area (Å²) in [7, 11) is 0. The van der Waals surface area contributed by atoms with Crippen LogP contribution in [0.4, 0.5) is 0 Å². The summed E-state index contributed by atoms with van der Waals surface area (Å²) in [5.74, 6) is -0.802. The normalized spacial score (nSPS) is 19.6. The summed E-state index contributed by atoms with van der Waals surface area (Å²) < 4.78 is 10.6. The van der Waals surface area contributed by atoms with Crippen LogP contribution in [0.1, 0.15) is 77.0 Å². The quantitative estimate of drug-likeness (QED) is 0.204. The van der Waals surface area contributed by atoms with Gasteiger partial charge in [-0.25, -0.2) is 9.59 Å². The summed E-state index contributed by atoms with van der Waals surface area (Å²) >= 11 is 0. The topological polar surface area (TPSA) is 93.2 Å². The second-order valence-electron chi connectivity index (χ2n) is 8.89. The van der Waals surface area contributed by atoms with E-state index in [4.69, 9.17) is 9.47 Å². The summed E-state index contributed by atoms with van der Waals surface area (Å²) in [6, 6.07) is -0.999. The molecule has 0 bridgehead atoms. The summed E-state index contributed by atoms with van der Waals surface area (Å²) in [5.41, 5.74) is 0. The third kappa shape index (κ3) is 8.61. The zero-order valence-electron chi connectivity index (χ0n) is 20.4. The lowest BCUT2D eigenvalue weighted by atomic mass is 10.1. The largest absolute Gasteiger partial charge is 0.464 e. The van der Waals surface area contributed by atoms with E-state index < -0.39 is 12.1 Å². The van der Waals surface area contributed by atoms with E-state index >= 15 is 0 Å². The van der Waals surface area contributed by atoms with E-state index in [-0.39, 0.29) is 23.8 Å². The van der Waals surface area contributed by atoms with Crippen LogP contribution in [0.15, 0.2) is 25.3 Å². The molecule has 2 saturated heterocycles. The number of hydrogen-bond donors (Lipinski definition) is 0. The molecule has 0 aromatic heterocycles. The Morgan fingerprint density at radius 3 is 1.50 bits per heavy atom. The number of ether oxygens (including phenoxy) is 2. The van der Waals surface area contributed by atoms with E-state index in [0.29, 0.717) is 64.8 Å². The molecule has 2 heterocycles. The molecule has 8 nitrogen and oxygen atoms in total. The summed E-state index contributed by atoms with van der Waals surface area (Å²) in [4.78, 5) is 53.3. The molecule has 0 saturated carbocycles. The molecule has 2 atom stereocenters. The van der Waals surface area contributed by atoms with Gasteiger partial charge in [-0.05, 0) is 64.2 Å². The molecule has 0 aromatic rings. The number of rotatable bonds is 15. The Bertz CT molecular complexity index is 662. The molecule has 34 heavy (non-hydrogen) atoms. The first-order valence-electron chi connectivity index (χ1n) is 12.6. The van der Waals surface area contributed by atoms with Crippen LogP contribution in [0.5, 0.6) is 0 Å². The van der Waals surface area contributed by atoms with E-state index in [0.717, 1.165) is 38.5 Å². The van der Waals surface area contributed by atoms with Crippen molar-refractivity contribution < 1.29 is 28.7 Å².